The molecule has 1 aliphatic rings. The van der Waals surface area contributed by atoms with Crippen LogP contribution < -0.4 is 16.8 Å². The summed E-state index contributed by atoms with van der Waals surface area (Å²) in [5, 5.41) is 3.34. The topological polar surface area (TPSA) is 106 Å². The predicted octanol–water partition coefficient (Wildman–Crippen LogP) is 2.28. The number of aliphatic imine (C=N–C) groups is 1. The van der Waals surface area contributed by atoms with Gasteiger partial charge in [0.05, 0.1) is 5.69 Å². The number of rotatable bonds is 2. The smallest absolute Gasteiger partial charge is 0.221 e. The quantitative estimate of drug-likeness (QED) is 0.581. The first-order chi connectivity index (χ1) is 10.0. The molecule has 2 aromatic rings. The number of aromatic nitrogens is 1. The Kier molecular flexibility index (Phi) is 3.56. The fraction of sp³-hybridized carbons (Fsp3) is 0.154. The highest BCUT2D eigenvalue weighted by Gasteiger charge is 2.22. The molecule has 0 radical (unpaired) electrons. The number of carbonyl (C=O) groups is 1. The summed E-state index contributed by atoms with van der Waals surface area (Å²) >= 11 is 3.22. The first-order valence-corrected chi connectivity index (χ1v) is 7.97. The van der Waals surface area contributed by atoms with E-state index in [-0.39, 0.29) is 11.9 Å². The fourth-order valence-corrected chi connectivity index (χ4v) is 4.14. The van der Waals surface area contributed by atoms with Gasteiger partial charge in [0.25, 0.3) is 0 Å². The van der Waals surface area contributed by atoms with Gasteiger partial charge in [-0.15, -0.1) is 11.8 Å². The molecule has 0 saturated heterocycles. The molecule has 3 rings (SSSR count). The molecule has 0 unspecified atom stereocenters. The molecule has 5 N–H and O–H groups in total. The minimum absolute atomic E-state index is 0.000899. The summed E-state index contributed by atoms with van der Waals surface area (Å²) < 4.78 is 0. The van der Waals surface area contributed by atoms with Gasteiger partial charge in [-0.05, 0) is 18.2 Å². The molecule has 1 aromatic carbocycles. The van der Waals surface area contributed by atoms with Crippen molar-refractivity contribution in [2.24, 2.45) is 16.5 Å². The Hall–Kier alpha value is -2.06. The second-order valence-corrected chi connectivity index (χ2v) is 6.56. The van der Waals surface area contributed by atoms with Crippen LogP contribution in [0.2, 0.25) is 0 Å². The van der Waals surface area contributed by atoms with Gasteiger partial charge in [-0.1, -0.05) is 11.3 Å². The van der Waals surface area contributed by atoms with Gasteiger partial charge in [-0.25, -0.2) is 4.98 Å². The Labute approximate surface area is 129 Å². The average Bonchev–Trinajstić information content (AvgIpc) is 2.79. The summed E-state index contributed by atoms with van der Waals surface area (Å²) in [4.78, 5) is 22.0. The van der Waals surface area contributed by atoms with Gasteiger partial charge < -0.3 is 16.8 Å². The lowest BCUT2D eigenvalue weighted by Crippen LogP contribution is -2.21. The fourth-order valence-electron chi connectivity index (χ4n) is 2.07. The first-order valence-electron chi connectivity index (χ1n) is 6.17. The van der Waals surface area contributed by atoms with Gasteiger partial charge in [0, 0.05) is 33.7 Å². The number of nitrogens with one attached hydrogen (secondary N) is 1. The lowest BCUT2D eigenvalue weighted by molar-refractivity contribution is -0.114. The Morgan fingerprint density at radius 2 is 2.24 bits per heavy atom. The van der Waals surface area contributed by atoms with Crippen molar-refractivity contribution in [3.63, 3.8) is 0 Å². The van der Waals surface area contributed by atoms with Crippen LogP contribution in [0.5, 0.6) is 0 Å². The molecule has 2 heterocycles. The van der Waals surface area contributed by atoms with E-state index >= 15 is 0 Å². The number of hydrogen-bond acceptors (Lipinski definition) is 5. The number of guanidine groups is 1. The Balaban J connectivity index is 2.05. The largest absolute Gasteiger partial charge is 0.370 e. The highest BCUT2D eigenvalue weighted by molar-refractivity contribution is 7.98. The summed E-state index contributed by atoms with van der Waals surface area (Å²) in [6.07, 6.45) is 0. The summed E-state index contributed by atoms with van der Waals surface area (Å²) in [6, 6.07) is 5.82. The molecular formula is C13H13N5OS2. The number of hydrogen-bond donors (Lipinski definition) is 3. The molecule has 0 atom stereocenters. The van der Waals surface area contributed by atoms with Crippen molar-refractivity contribution >= 4 is 45.8 Å². The number of carbonyl (C=O) groups excluding carboxylic acids is 1. The molecule has 1 aromatic heterocycles. The van der Waals surface area contributed by atoms with Crippen LogP contribution in [0.25, 0.3) is 11.3 Å². The zero-order chi connectivity index (χ0) is 15.0. The van der Waals surface area contributed by atoms with Gasteiger partial charge in [0.2, 0.25) is 11.0 Å². The standard InChI is InChI=1S/C13H13N5OS2/c1-6(19)16-7-2-3-9-8(4-7)11-10(5-20-9)21-13(17-11)18-12(14)15/h2-4H,5H2,1H3,(H,16,19)(H4,14,15,17,18). The monoisotopic (exact) mass is 319 g/mol. The van der Waals surface area contributed by atoms with Crippen LogP contribution in [-0.4, -0.2) is 16.9 Å². The minimum atomic E-state index is -0.0990. The van der Waals surface area contributed by atoms with Crippen molar-refractivity contribution < 1.29 is 4.79 Å². The molecule has 8 heteroatoms. The van der Waals surface area contributed by atoms with Gasteiger partial charge in [-0.2, -0.15) is 4.99 Å². The number of thiazole rings is 1. The van der Waals surface area contributed by atoms with Crippen LogP contribution in [0.15, 0.2) is 28.1 Å². The van der Waals surface area contributed by atoms with E-state index in [1.165, 1.54) is 18.3 Å². The Morgan fingerprint density at radius 1 is 1.43 bits per heavy atom. The van der Waals surface area contributed by atoms with E-state index in [1.807, 2.05) is 18.2 Å². The lowest BCUT2D eigenvalue weighted by Gasteiger charge is -2.15. The molecule has 0 saturated carbocycles. The van der Waals surface area contributed by atoms with Crippen molar-refractivity contribution in [2.75, 3.05) is 5.32 Å². The van der Waals surface area contributed by atoms with E-state index in [0.29, 0.717) is 5.13 Å². The van der Waals surface area contributed by atoms with E-state index in [2.05, 4.69) is 15.3 Å². The van der Waals surface area contributed by atoms with Gasteiger partial charge in [0.1, 0.15) is 0 Å². The van der Waals surface area contributed by atoms with Crippen molar-refractivity contribution in [2.45, 2.75) is 17.6 Å². The third-order valence-electron chi connectivity index (χ3n) is 2.82. The van der Waals surface area contributed by atoms with Crippen LogP contribution in [-0.2, 0) is 10.5 Å². The van der Waals surface area contributed by atoms with Crippen molar-refractivity contribution in [1.29, 1.82) is 0 Å². The summed E-state index contributed by atoms with van der Waals surface area (Å²) in [5.74, 6) is 0.749. The molecule has 6 nitrogen and oxygen atoms in total. The van der Waals surface area contributed by atoms with E-state index in [4.69, 9.17) is 11.5 Å². The lowest BCUT2D eigenvalue weighted by atomic mass is 10.1. The number of benzene rings is 1. The SMILES string of the molecule is CC(=O)Nc1ccc2c(c1)-c1nc(N=C(N)N)sc1CS2. The number of amides is 1. The molecule has 108 valence electrons. The maximum Gasteiger partial charge on any atom is 0.221 e. The van der Waals surface area contributed by atoms with Crippen LogP contribution in [0.3, 0.4) is 0 Å². The first kappa shape index (κ1) is 13.9. The molecule has 21 heavy (non-hydrogen) atoms. The summed E-state index contributed by atoms with van der Waals surface area (Å²) in [5.41, 5.74) is 13.4. The number of anilines is 1. The molecule has 0 aliphatic carbocycles. The number of nitrogens with zero attached hydrogens (tertiary/aromatic N) is 2. The zero-order valence-corrected chi connectivity index (χ0v) is 12.8. The van der Waals surface area contributed by atoms with E-state index in [1.54, 1.807) is 11.8 Å². The van der Waals surface area contributed by atoms with E-state index < -0.39 is 0 Å². The summed E-state index contributed by atoms with van der Waals surface area (Å²) in [6.45, 7) is 1.49. The Bertz CT molecular complexity index is 749. The Morgan fingerprint density at radius 3 is 2.95 bits per heavy atom. The van der Waals surface area contributed by atoms with Crippen LogP contribution in [0, 0.1) is 0 Å². The third-order valence-corrected chi connectivity index (χ3v) is 5.06. The van der Waals surface area contributed by atoms with E-state index in [0.717, 1.165) is 32.5 Å². The van der Waals surface area contributed by atoms with Gasteiger partial charge in [0.15, 0.2) is 5.96 Å². The average molecular weight is 319 g/mol. The predicted molar refractivity (Wildman–Crippen MR) is 86.9 cm³/mol. The number of thioether (sulfide) groups is 1. The van der Waals surface area contributed by atoms with E-state index in [9.17, 15) is 4.79 Å². The molecule has 0 bridgehead atoms. The van der Waals surface area contributed by atoms with Crippen LogP contribution in [0.1, 0.15) is 11.8 Å². The zero-order valence-electron chi connectivity index (χ0n) is 11.2. The highest BCUT2D eigenvalue weighted by Crippen LogP contribution is 2.45. The molecule has 1 aliphatic heterocycles. The number of nitrogens with two attached hydrogens (primary N) is 2. The third kappa shape index (κ3) is 2.86. The number of fused-ring (bicyclic) bond motifs is 3. The van der Waals surface area contributed by atoms with Crippen molar-refractivity contribution in [1.82, 2.24) is 4.98 Å². The maximum atomic E-state index is 11.2. The molecule has 1 amide bonds. The van der Waals surface area contributed by atoms with Crippen LogP contribution >= 0.6 is 23.1 Å². The second kappa shape index (κ2) is 5.38. The normalized spacial score (nSPS) is 12.2. The van der Waals surface area contributed by atoms with Crippen molar-refractivity contribution in [3.05, 3.63) is 23.1 Å². The van der Waals surface area contributed by atoms with Gasteiger partial charge in [-0.3, -0.25) is 4.79 Å². The molecular weight excluding hydrogens is 306 g/mol. The highest BCUT2D eigenvalue weighted by atomic mass is 32.2. The molecule has 0 fully saturated rings. The molecule has 0 spiro atoms. The maximum absolute atomic E-state index is 11.2. The van der Waals surface area contributed by atoms with Gasteiger partial charge >= 0.3 is 0 Å². The minimum Gasteiger partial charge on any atom is -0.370 e. The second-order valence-electron chi connectivity index (χ2n) is 4.49. The summed E-state index contributed by atoms with van der Waals surface area (Å²) in [7, 11) is 0. The van der Waals surface area contributed by atoms with Crippen LogP contribution in [0.4, 0.5) is 10.8 Å². The van der Waals surface area contributed by atoms with Crippen molar-refractivity contribution in [3.8, 4) is 11.3 Å².